The van der Waals surface area contributed by atoms with Crippen LogP contribution < -0.4 is 10.4 Å². The third-order valence-corrected chi connectivity index (χ3v) is 4.13. The van der Waals surface area contributed by atoms with Crippen molar-refractivity contribution >= 4 is 16.9 Å². The summed E-state index contributed by atoms with van der Waals surface area (Å²) in [5, 5.41) is 11.2. The lowest BCUT2D eigenvalue weighted by Crippen LogP contribution is -2.43. The van der Waals surface area contributed by atoms with Gasteiger partial charge in [0.2, 0.25) is 0 Å². The monoisotopic (exact) mass is 346 g/mol. The Kier molecular flexibility index (Phi) is 4.33. The van der Waals surface area contributed by atoms with E-state index in [0.29, 0.717) is 22.3 Å². The number of carbonyl (C=O) groups excluding carboxylic acids is 1. The molecule has 0 radical (unpaired) electrons. The van der Waals surface area contributed by atoms with Gasteiger partial charge in [0, 0.05) is 17.9 Å². The molecule has 2 atom stereocenters. The Balaban J connectivity index is 2.11. The first kappa shape index (κ1) is 17.5. The summed E-state index contributed by atoms with van der Waals surface area (Å²) in [6.07, 6.45) is -1.40. The highest BCUT2D eigenvalue weighted by Crippen LogP contribution is 2.46. The number of ether oxygens (including phenoxy) is 2. The Labute approximate surface area is 145 Å². The van der Waals surface area contributed by atoms with E-state index in [1.807, 2.05) is 13.8 Å². The standard InChI is InChI=1S/C19H22O6/c1-10(2)9-14(21)25-17-15-12(23-18(17)19(3,4)22)7-5-11-6-8-13(20)24-16(11)15/h5-8,10,17-18,22H,9H2,1-4H3/t17-,18+/m1/s1. The second-order valence-electron chi connectivity index (χ2n) is 7.35. The molecule has 0 fully saturated rings. The predicted octanol–water partition coefficient (Wildman–Crippen LogP) is 2.96. The van der Waals surface area contributed by atoms with E-state index in [4.69, 9.17) is 13.9 Å². The topological polar surface area (TPSA) is 86.0 Å². The van der Waals surface area contributed by atoms with Crippen LogP contribution in [0, 0.1) is 5.92 Å². The van der Waals surface area contributed by atoms with E-state index in [2.05, 4.69) is 0 Å². The maximum atomic E-state index is 12.2. The molecule has 0 spiro atoms. The number of esters is 1. The number of aliphatic hydroxyl groups is 1. The smallest absolute Gasteiger partial charge is 0.336 e. The molecule has 1 aliphatic rings. The van der Waals surface area contributed by atoms with Gasteiger partial charge >= 0.3 is 11.6 Å². The van der Waals surface area contributed by atoms with Gasteiger partial charge in [-0.25, -0.2) is 4.79 Å². The first-order valence-corrected chi connectivity index (χ1v) is 8.32. The minimum absolute atomic E-state index is 0.139. The largest absolute Gasteiger partial charge is 0.483 e. The molecule has 3 rings (SSSR count). The summed E-state index contributed by atoms with van der Waals surface area (Å²) in [4.78, 5) is 23.9. The molecule has 0 bridgehead atoms. The first-order valence-electron chi connectivity index (χ1n) is 8.32. The van der Waals surface area contributed by atoms with Gasteiger partial charge in [0.25, 0.3) is 0 Å². The summed E-state index contributed by atoms with van der Waals surface area (Å²) in [6, 6.07) is 6.47. The zero-order chi connectivity index (χ0) is 18.4. The Morgan fingerprint density at radius 3 is 2.60 bits per heavy atom. The minimum atomic E-state index is -1.26. The Morgan fingerprint density at radius 2 is 1.96 bits per heavy atom. The lowest BCUT2D eigenvalue weighted by molar-refractivity contribution is -0.160. The molecular weight excluding hydrogens is 324 g/mol. The van der Waals surface area contributed by atoms with Crippen LogP contribution in [0.2, 0.25) is 0 Å². The van der Waals surface area contributed by atoms with Gasteiger partial charge in [0.15, 0.2) is 12.2 Å². The summed E-state index contributed by atoms with van der Waals surface area (Å²) >= 11 is 0. The summed E-state index contributed by atoms with van der Waals surface area (Å²) in [7, 11) is 0. The molecule has 25 heavy (non-hydrogen) atoms. The molecule has 2 aromatic rings. The van der Waals surface area contributed by atoms with Gasteiger partial charge in [-0.1, -0.05) is 13.8 Å². The predicted molar refractivity (Wildman–Crippen MR) is 91.5 cm³/mol. The number of rotatable bonds is 4. The molecule has 6 nitrogen and oxygen atoms in total. The van der Waals surface area contributed by atoms with Gasteiger partial charge in [-0.05, 0) is 38.0 Å². The van der Waals surface area contributed by atoms with Crippen molar-refractivity contribution in [3.05, 3.63) is 40.2 Å². The van der Waals surface area contributed by atoms with Crippen molar-refractivity contribution in [1.29, 1.82) is 0 Å². The summed E-state index contributed by atoms with van der Waals surface area (Å²) in [5.41, 5.74) is -0.957. The maximum Gasteiger partial charge on any atom is 0.336 e. The van der Waals surface area contributed by atoms with Crippen LogP contribution in [0.1, 0.15) is 45.8 Å². The van der Waals surface area contributed by atoms with Crippen molar-refractivity contribution in [3.8, 4) is 5.75 Å². The van der Waals surface area contributed by atoms with E-state index in [1.54, 1.807) is 32.0 Å². The normalized spacial score (nSPS) is 19.8. The fourth-order valence-corrected chi connectivity index (χ4v) is 3.02. The molecule has 0 amide bonds. The van der Waals surface area contributed by atoms with Crippen LogP contribution in [-0.4, -0.2) is 22.8 Å². The number of benzene rings is 1. The molecule has 1 aromatic heterocycles. The van der Waals surface area contributed by atoms with E-state index in [9.17, 15) is 14.7 Å². The van der Waals surface area contributed by atoms with Gasteiger partial charge < -0.3 is 19.0 Å². The second-order valence-corrected chi connectivity index (χ2v) is 7.35. The number of carbonyl (C=O) groups is 1. The lowest BCUT2D eigenvalue weighted by Gasteiger charge is -2.29. The third-order valence-electron chi connectivity index (χ3n) is 4.13. The zero-order valence-electron chi connectivity index (χ0n) is 14.7. The SMILES string of the molecule is CC(C)CC(=O)O[C@@H]1c2c(ccc3ccc(=O)oc23)O[C@@H]1C(C)(C)O. The molecule has 6 heteroatoms. The Bertz CT molecular complexity index is 858. The maximum absolute atomic E-state index is 12.2. The number of hydrogen-bond donors (Lipinski definition) is 1. The van der Waals surface area contributed by atoms with Gasteiger partial charge in [0.05, 0.1) is 11.2 Å². The van der Waals surface area contributed by atoms with Crippen LogP contribution in [-0.2, 0) is 9.53 Å². The van der Waals surface area contributed by atoms with Crippen LogP contribution in [0.4, 0.5) is 0 Å². The molecule has 1 aliphatic heterocycles. The van der Waals surface area contributed by atoms with Crippen molar-refractivity contribution in [2.75, 3.05) is 0 Å². The van der Waals surface area contributed by atoms with E-state index < -0.39 is 23.4 Å². The first-order chi connectivity index (χ1) is 11.7. The van der Waals surface area contributed by atoms with Crippen LogP contribution in [0.3, 0.4) is 0 Å². The average molecular weight is 346 g/mol. The summed E-state index contributed by atoms with van der Waals surface area (Å²) in [5.74, 6) is 0.192. The van der Waals surface area contributed by atoms with Crippen LogP contribution in [0.15, 0.2) is 33.5 Å². The van der Waals surface area contributed by atoms with E-state index >= 15 is 0 Å². The molecule has 0 saturated heterocycles. The highest BCUT2D eigenvalue weighted by molar-refractivity contribution is 5.84. The van der Waals surface area contributed by atoms with Crippen molar-refractivity contribution < 1.29 is 23.8 Å². The third kappa shape index (κ3) is 3.39. The fraction of sp³-hybridized carbons (Fsp3) is 0.474. The Hall–Kier alpha value is -2.34. The molecule has 1 N–H and O–H groups in total. The van der Waals surface area contributed by atoms with Crippen molar-refractivity contribution in [2.45, 2.75) is 51.9 Å². The molecule has 0 unspecified atom stereocenters. The zero-order valence-corrected chi connectivity index (χ0v) is 14.7. The number of hydrogen-bond acceptors (Lipinski definition) is 6. The second kappa shape index (κ2) is 6.19. The van der Waals surface area contributed by atoms with Gasteiger partial charge in [-0.3, -0.25) is 4.79 Å². The van der Waals surface area contributed by atoms with E-state index in [0.717, 1.165) is 0 Å². The minimum Gasteiger partial charge on any atom is -0.483 e. The highest BCUT2D eigenvalue weighted by atomic mass is 16.6. The average Bonchev–Trinajstić information content (AvgIpc) is 2.85. The molecular formula is C19H22O6. The van der Waals surface area contributed by atoms with Crippen LogP contribution >= 0.6 is 0 Å². The van der Waals surface area contributed by atoms with E-state index in [1.165, 1.54) is 6.07 Å². The van der Waals surface area contributed by atoms with Crippen LogP contribution in [0.5, 0.6) is 5.75 Å². The van der Waals surface area contributed by atoms with Crippen molar-refractivity contribution in [3.63, 3.8) is 0 Å². The number of fused-ring (bicyclic) bond motifs is 3. The molecule has 1 aromatic carbocycles. The Morgan fingerprint density at radius 1 is 1.28 bits per heavy atom. The quantitative estimate of drug-likeness (QED) is 0.677. The molecule has 2 heterocycles. The molecule has 134 valence electrons. The van der Waals surface area contributed by atoms with Gasteiger partial charge in [-0.15, -0.1) is 0 Å². The van der Waals surface area contributed by atoms with Crippen molar-refractivity contribution in [1.82, 2.24) is 0 Å². The molecule has 0 aliphatic carbocycles. The van der Waals surface area contributed by atoms with Crippen LogP contribution in [0.25, 0.3) is 11.0 Å². The summed E-state index contributed by atoms with van der Waals surface area (Å²) in [6.45, 7) is 7.01. The fourth-order valence-electron chi connectivity index (χ4n) is 3.02. The lowest BCUT2D eigenvalue weighted by atomic mass is 9.93. The molecule has 0 saturated carbocycles. The highest BCUT2D eigenvalue weighted by Gasteiger charge is 2.47. The van der Waals surface area contributed by atoms with Crippen molar-refractivity contribution in [2.24, 2.45) is 5.92 Å². The van der Waals surface area contributed by atoms with Gasteiger partial charge in [0.1, 0.15) is 11.3 Å². The van der Waals surface area contributed by atoms with Gasteiger partial charge in [-0.2, -0.15) is 0 Å². The van der Waals surface area contributed by atoms with E-state index in [-0.39, 0.29) is 18.3 Å². The summed E-state index contributed by atoms with van der Waals surface area (Å²) < 4.78 is 16.8.